The van der Waals surface area contributed by atoms with Crippen LogP contribution >= 0.6 is 0 Å². The van der Waals surface area contributed by atoms with Crippen molar-refractivity contribution in [3.05, 3.63) is 0 Å². The molecule has 4 atom stereocenters. The van der Waals surface area contributed by atoms with Gasteiger partial charge in [0.25, 0.3) is 0 Å². The summed E-state index contributed by atoms with van der Waals surface area (Å²) in [6.45, 7) is 4.53. The highest BCUT2D eigenvalue weighted by molar-refractivity contribution is 5.02. The monoisotopic (exact) mass is 210 g/mol. The van der Waals surface area contributed by atoms with E-state index < -0.39 is 0 Å². The lowest BCUT2D eigenvalue weighted by atomic mass is 9.95. The standard InChI is InChI=1S/C14H26O/c1-3-6-10(2)9-13(15)14-11-7-4-5-8-12(11)14/h10-15H,3-9H2,1-2H3. The Morgan fingerprint density at radius 3 is 2.33 bits per heavy atom. The van der Waals surface area contributed by atoms with Crippen LogP contribution in [0, 0.1) is 23.7 Å². The number of rotatable bonds is 5. The maximum Gasteiger partial charge on any atom is 0.0576 e. The summed E-state index contributed by atoms with van der Waals surface area (Å²) in [5.74, 6) is 3.21. The molecule has 2 saturated carbocycles. The van der Waals surface area contributed by atoms with Crippen molar-refractivity contribution in [2.24, 2.45) is 23.7 Å². The highest BCUT2D eigenvalue weighted by atomic mass is 16.3. The summed E-state index contributed by atoms with van der Waals surface area (Å²) >= 11 is 0. The maximum absolute atomic E-state index is 10.2. The summed E-state index contributed by atoms with van der Waals surface area (Å²) in [5, 5.41) is 10.2. The first-order valence-corrected chi connectivity index (χ1v) is 6.92. The smallest absolute Gasteiger partial charge is 0.0576 e. The minimum Gasteiger partial charge on any atom is -0.393 e. The molecule has 0 aromatic heterocycles. The Kier molecular flexibility index (Phi) is 3.71. The molecule has 2 rings (SSSR count). The highest BCUT2D eigenvalue weighted by Crippen LogP contribution is 2.57. The number of hydrogen-bond donors (Lipinski definition) is 1. The topological polar surface area (TPSA) is 20.2 Å². The molecule has 0 amide bonds. The first-order chi connectivity index (χ1) is 7.24. The molecular weight excluding hydrogens is 184 g/mol. The van der Waals surface area contributed by atoms with E-state index in [-0.39, 0.29) is 6.10 Å². The fraction of sp³-hybridized carbons (Fsp3) is 1.00. The molecule has 2 aliphatic rings. The zero-order valence-electron chi connectivity index (χ0n) is 10.3. The van der Waals surface area contributed by atoms with Crippen LogP contribution in [0.25, 0.3) is 0 Å². The second kappa shape index (κ2) is 4.86. The minimum absolute atomic E-state index is 0.0136. The van der Waals surface area contributed by atoms with Crippen LogP contribution in [0.2, 0.25) is 0 Å². The van der Waals surface area contributed by atoms with Crippen LogP contribution in [0.3, 0.4) is 0 Å². The molecule has 2 aliphatic carbocycles. The molecule has 0 radical (unpaired) electrons. The third-order valence-electron chi connectivity index (χ3n) is 4.59. The van der Waals surface area contributed by atoms with Crippen molar-refractivity contribution in [3.8, 4) is 0 Å². The largest absolute Gasteiger partial charge is 0.393 e. The van der Waals surface area contributed by atoms with E-state index in [1.807, 2.05) is 0 Å². The van der Waals surface area contributed by atoms with Crippen molar-refractivity contribution in [1.82, 2.24) is 0 Å². The normalized spacial score (nSPS) is 38.2. The fourth-order valence-corrected chi connectivity index (χ4v) is 3.80. The lowest BCUT2D eigenvalue weighted by Gasteiger charge is -2.15. The van der Waals surface area contributed by atoms with Gasteiger partial charge in [-0.3, -0.25) is 0 Å². The van der Waals surface area contributed by atoms with Crippen LogP contribution in [0.5, 0.6) is 0 Å². The van der Waals surface area contributed by atoms with E-state index >= 15 is 0 Å². The number of aliphatic hydroxyl groups is 1. The Morgan fingerprint density at radius 1 is 1.20 bits per heavy atom. The first-order valence-electron chi connectivity index (χ1n) is 6.92. The van der Waals surface area contributed by atoms with Gasteiger partial charge in [-0.15, -0.1) is 0 Å². The third kappa shape index (κ3) is 2.55. The zero-order chi connectivity index (χ0) is 10.8. The van der Waals surface area contributed by atoms with E-state index in [2.05, 4.69) is 13.8 Å². The quantitative estimate of drug-likeness (QED) is 0.735. The Morgan fingerprint density at radius 2 is 1.80 bits per heavy atom. The van der Waals surface area contributed by atoms with Crippen LogP contribution in [0.4, 0.5) is 0 Å². The molecule has 0 aromatic rings. The Bertz CT molecular complexity index is 190. The van der Waals surface area contributed by atoms with E-state index in [4.69, 9.17) is 0 Å². The van der Waals surface area contributed by atoms with E-state index in [9.17, 15) is 5.11 Å². The second-order valence-electron chi connectivity index (χ2n) is 5.89. The van der Waals surface area contributed by atoms with Crippen LogP contribution in [0.15, 0.2) is 0 Å². The van der Waals surface area contributed by atoms with Gasteiger partial charge >= 0.3 is 0 Å². The van der Waals surface area contributed by atoms with Gasteiger partial charge in [0.1, 0.15) is 0 Å². The number of hydrogen-bond acceptors (Lipinski definition) is 1. The molecule has 4 unspecified atom stereocenters. The van der Waals surface area contributed by atoms with E-state index in [0.29, 0.717) is 11.8 Å². The Hall–Kier alpha value is -0.0400. The number of fused-ring (bicyclic) bond motifs is 1. The Labute approximate surface area is 94.3 Å². The molecule has 0 aliphatic heterocycles. The number of aliphatic hydroxyl groups excluding tert-OH is 1. The van der Waals surface area contributed by atoms with Gasteiger partial charge < -0.3 is 5.11 Å². The van der Waals surface area contributed by atoms with Gasteiger partial charge in [-0.05, 0) is 42.9 Å². The summed E-state index contributed by atoms with van der Waals surface area (Å²) in [5.41, 5.74) is 0. The van der Waals surface area contributed by atoms with Gasteiger partial charge in [-0.2, -0.15) is 0 Å². The van der Waals surface area contributed by atoms with Crippen LogP contribution in [-0.2, 0) is 0 Å². The summed E-state index contributed by atoms with van der Waals surface area (Å²) in [7, 11) is 0. The molecule has 1 N–H and O–H groups in total. The average Bonchev–Trinajstić information content (AvgIpc) is 2.91. The van der Waals surface area contributed by atoms with Gasteiger partial charge in [0, 0.05) is 0 Å². The predicted molar refractivity (Wildman–Crippen MR) is 63.6 cm³/mol. The molecule has 88 valence electrons. The Balaban J connectivity index is 1.75. The van der Waals surface area contributed by atoms with Gasteiger partial charge in [-0.25, -0.2) is 0 Å². The van der Waals surface area contributed by atoms with E-state index in [0.717, 1.165) is 18.3 Å². The highest BCUT2D eigenvalue weighted by Gasteiger charge is 2.53. The molecule has 15 heavy (non-hydrogen) atoms. The molecule has 0 bridgehead atoms. The lowest BCUT2D eigenvalue weighted by molar-refractivity contribution is 0.112. The third-order valence-corrected chi connectivity index (χ3v) is 4.59. The molecule has 0 aromatic carbocycles. The van der Waals surface area contributed by atoms with Crippen molar-refractivity contribution in [2.45, 2.75) is 64.9 Å². The van der Waals surface area contributed by atoms with Crippen LogP contribution < -0.4 is 0 Å². The molecule has 1 heteroatoms. The maximum atomic E-state index is 10.2. The molecule has 1 nitrogen and oxygen atoms in total. The predicted octanol–water partition coefficient (Wildman–Crippen LogP) is 3.61. The summed E-state index contributed by atoms with van der Waals surface area (Å²) in [4.78, 5) is 0. The summed E-state index contributed by atoms with van der Waals surface area (Å²) < 4.78 is 0. The van der Waals surface area contributed by atoms with Crippen molar-refractivity contribution in [1.29, 1.82) is 0 Å². The summed E-state index contributed by atoms with van der Waals surface area (Å²) in [6, 6.07) is 0. The SMILES string of the molecule is CCCC(C)CC(O)C1C2CCCCC21. The van der Waals surface area contributed by atoms with Gasteiger partial charge in [-0.1, -0.05) is 39.5 Å². The zero-order valence-corrected chi connectivity index (χ0v) is 10.3. The van der Waals surface area contributed by atoms with Crippen molar-refractivity contribution in [2.75, 3.05) is 0 Å². The molecular formula is C14H26O. The molecule has 0 saturated heterocycles. The van der Waals surface area contributed by atoms with Gasteiger partial charge in [0.15, 0.2) is 0 Å². The average molecular weight is 210 g/mol. The van der Waals surface area contributed by atoms with Gasteiger partial charge in [0.05, 0.1) is 6.10 Å². The lowest BCUT2D eigenvalue weighted by Crippen LogP contribution is -2.15. The van der Waals surface area contributed by atoms with Crippen LogP contribution in [0.1, 0.15) is 58.8 Å². The van der Waals surface area contributed by atoms with E-state index in [1.165, 1.54) is 38.5 Å². The molecule has 0 heterocycles. The second-order valence-corrected chi connectivity index (χ2v) is 5.89. The minimum atomic E-state index is 0.0136. The van der Waals surface area contributed by atoms with Gasteiger partial charge in [0.2, 0.25) is 0 Å². The van der Waals surface area contributed by atoms with Crippen molar-refractivity contribution in [3.63, 3.8) is 0 Å². The molecule has 2 fully saturated rings. The molecule has 0 spiro atoms. The fourth-order valence-electron chi connectivity index (χ4n) is 3.80. The van der Waals surface area contributed by atoms with Crippen LogP contribution in [-0.4, -0.2) is 11.2 Å². The first kappa shape index (κ1) is 11.4. The van der Waals surface area contributed by atoms with E-state index in [1.54, 1.807) is 0 Å². The van der Waals surface area contributed by atoms with Crippen molar-refractivity contribution < 1.29 is 5.11 Å². The summed E-state index contributed by atoms with van der Waals surface area (Å²) in [6.07, 6.45) is 9.21. The van der Waals surface area contributed by atoms with Crippen molar-refractivity contribution >= 4 is 0 Å².